The molecule has 0 aromatic heterocycles. The second kappa shape index (κ2) is 1.31. The molecule has 2 heteroatoms. The summed E-state index contributed by atoms with van der Waals surface area (Å²) in [5.41, 5.74) is 0. The molecule has 1 saturated carbocycles. The zero-order valence-corrected chi connectivity index (χ0v) is 5.73. The van der Waals surface area contributed by atoms with Gasteiger partial charge in [0.1, 0.15) is 6.29 Å². The number of rotatable bonds is 1. The van der Waals surface area contributed by atoms with E-state index in [9.17, 15) is 4.79 Å². The average molecular weight is 163 g/mol. The van der Waals surface area contributed by atoms with Crippen molar-refractivity contribution in [1.82, 2.24) is 0 Å². The maximum atomic E-state index is 9.95. The highest BCUT2D eigenvalue weighted by Gasteiger charge is 2.47. The molecule has 1 aliphatic carbocycles. The Labute approximate surface area is 51.2 Å². The summed E-state index contributed by atoms with van der Waals surface area (Å²) in [5.74, 6) is 0.285. The van der Waals surface area contributed by atoms with Crippen molar-refractivity contribution in [2.75, 3.05) is 0 Å². The molecule has 0 bridgehead atoms. The fourth-order valence-electron chi connectivity index (χ4n) is 0.561. The van der Waals surface area contributed by atoms with Crippen molar-refractivity contribution in [1.29, 1.82) is 0 Å². The number of carbonyl (C=O) groups is 1. The van der Waals surface area contributed by atoms with Gasteiger partial charge in [-0.15, -0.1) is 0 Å². The third kappa shape index (κ3) is 0.852. The fraction of sp³-hybridized carbons (Fsp3) is 0.800. The lowest BCUT2D eigenvalue weighted by Crippen LogP contribution is -1.92. The van der Waals surface area contributed by atoms with Gasteiger partial charge in [0, 0.05) is 10.2 Å². The van der Waals surface area contributed by atoms with Crippen molar-refractivity contribution in [2.24, 2.45) is 5.92 Å². The Kier molecular flexibility index (Phi) is 0.991. The van der Waals surface area contributed by atoms with Crippen LogP contribution in [0.5, 0.6) is 0 Å². The Morgan fingerprint density at radius 2 is 2.43 bits per heavy atom. The van der Waals surface area contributed by atoms with Crippen molar-refractivity contribution in [2.45, 2.75) is 17.7 Å². The first-order chi connectivity index (χ1) is 3.17. The van der Waals surface area contributed by atoms with E-state index in [2.05, 4.69) is 15.9 Å². The van der Waals surface area contributed by atoms with Crippen LogP contribution in [0.2, 0.25) is 0 Å². The second-order valence-corrected chi connectivity index (χ2v) is 4.04. The number of hydrogen-bond acceptors (Lipinski definition) is 1. The van der Waals surface area contributed by atoms with E-state index in [0.717, 1.165) is 12.7 Å². The molecule has 40 valence electrons. The van der Waals surface area contributed by atoms with E-state index in [1.807, 2.05) is 6.92 Å². The van der Waals surface area contributed by atoms with Crippen LogP contribution in [0, 0.1) is 5.92 Å². The van der Waals surface area contributed by atoms with Crippen LogP contribution in [-0.2, 0) is 4.79 Å². The molecular formula is C5H7BrO. The van der Waals surface area contributed by atoms with E-state index in [0.29, 0.717) is 0 Å². The number of halogens is 1. The molecule has 0 N–H and O–H groups in total. The smallest absolute Gasteiger partial charge is 0.124 e. The Balaban J connectivity index is 2.44. The zero-order valence-electron chi connectivity index (χ0n) is 4.15. The van der Waals surface area contributed by atoms with Crippen molar-refractivity contribution in [3.05, 3.63) is 0 Å². The minimum absolute atomic E-state index is 0.161. The Morgan fingerprint density at radius 3 is 2.43 bits per heavy atom. The third-order valence-electron chi connectivity index (χ3n) is 1.40. The summed E-state index contributed by atoms with van der Waals surface area (Å²) in [5, 5.41) is 0. The van der Waals surface area contributed by atoms with Gasteiger partial charge in [0.15, 0.2) is 0 Å². The quantitative estimate of drug-likeness (QED) is 0.421. The van der Waals surface area contributed by atoms with Gasteiger partial charge in [-0.2, -0.15) is 0 Å². The number of carbonyl (C=O) groups excluding carboxylic acids is 1. The summed E-state index contributed by atoms with van der Waals surface area (Å²) in [6.07, 6.45) is 2.02. The van der Waals surface area contributed by atoms with Crippen LogP contribution in [0.1, 0.15) is 13.3 Å². The monoisotopic (exact) mass is 162 g/mol. The molecule has 1 fully saturated rings. The lowest BCUT2D eigenvalue weighted by molar-refractivity contribution is -0.108. The molecule has 0 spiro atoms. The number of hydrogen-bond donors (Lipinski definition) is 0. The van der Waals surface area contributed by atoms with Crippen LogP contribution in [-0.4, -0.2) is 10.6 Å². The van der Waals surface area contributed by atoms with Crippen molar-refractivity contribution in [3.8, 4) is 0 Å². The van der Waals surface area contributed by atoms with E-state index in [1.165, 1.54) is 0 Å². The molecule has 0 amide bonds. The largest absolute Gasteiger partial charge is 0.303 e. The minimum Gasteiger partial charge on any atom is -0.303 e. The van der Waals surface area contributed by atoms with E-state index in [4.69, 9.17) is 0 Å². The Hall–Kier alpha value is 0.150. The first kappa shape index (κ1) is 5.29. The summed E-state index contributed by atoms with van der Waals surface area (Å²) >= 11 is 3.38. The van der Waals surface area contributed by atoms with Crippen molar-refractivity contribution >= 4 is 22.2 Å². The molecule has 7 heavy (non-hydrogen) atoms. The molecular weight excluding hydrogens is 156 g/mol. The van der Waals surface area contributed by atoms with Gasteiger partial charge in [-0.25, -0.2) is 0 Å². The summed E-state index contributed by atoms with van der Waals surface area (Å²) in [7, 11) is 0. The molecule has 0 unspecified atom stereocenters. The molecule has 0 aromatic rings. The van der Waals surface area contributed by atoms with Gasteiger partial charge in [0.05, 0.1) is 0 Å². The van der Waals surface area contributed by atoms with E-state index >= 15 is 0 Å². The highest BCUT2D eigenvalue weighted by atomic mass is 79.9. The average Bonchev–Trinajstić information content (AvgIpc) is 2.13. The van der Waals surface area contributed by atoms with Gasteiger partial charge >= 0.3 is 0 Å². The highest BCUT2D eigenvalue weighted by molar-refractivity contribution is 9.10. The highest BCUT2D eigenvalue weighted by Crippen LogP contribution is 2.49. The standard InChI is InChI=1S/C5H7BrO/c1-5(6)2-4(5)3-7/h3-4H,2H2,1H3/t4-,5-/m0/s1. The maximum absolute atomic E-state index is 9.95. The summed E-state index contributed by atoms with van der Waals surface area (Å²) < 4.78 is 0.161. The van der Waals surface area contributed by atoms with E-state index < -0.39 is 0 Å². The normalized spacial score (nSPS) is 48.6. The van der Waals surface area contributed by atoms with E-state index in [-0.39, 0.29) is 10.2 Å². The van der Waals surface area contributed by atoms with Crippen LogP contribution >= 0.6 is 15.9 Å². The van der Waals surface area contributed by atoms with Crippen LogP contribution in [0.4, 0.5) is 0 Å². The maximum Gasteiger partial charge on any atom is 0.124 e. The van der Waals surface area contributed by atoms with Crippen LogP contribution in [0.3, 0.4) is 0 Å². The Bertz CT molecular complexity index is 98.3. The predicted molar refractivity (Wildman–Crippen MR) is 31.5 cm³/mol. The summed E-state index contributed by atoms with van der Waals surface area (Å²) in [6.45, 7) is 2.03. The number of alkyl halides is 1. The molecule has 1 rings (SSSR count). The molecule has 0 heterocycles. The summed E-state index contributed by atoms with van der Waals surface area (Å²) in [6, 6.07) is 0. The van der Waals surface area contributed by atoms with Gasteiger partial charge in [0.2, 0.25) is 0 Å². The second-order valence-electron chi connectivity index (χ2n) is 2.22. The van der Waals surface area contributed by atoms with Gasteiger partial charge in [-0.05, 0) is 13.3 Å². The lowest BCUT2D eigenvalue weighted by Gasteiger charge is -1.88. The summed E-state index contributed by atoms with van der Waals surface area (Å²) in [4.78, 5) is 9.95. The molecule has 0 radical (unpaired) electrons. The fourth-order valence-corrected chi connectivity index (χ4v) is 1.02. The SMILES string of the molecule is C[C@]1(Br)C[C@H]1C=O. The third-order valence-corrected chi connectivity index (χ3v) is 2.31. The molecule has 2 atom stereocenters. The molecule has 0 aliphatic heterocycles. The van der Waals surface area contributed by atoms with E-state index in [1.54, 1.807) is 0 Å². The van der Waals surface area contributed by atoms with Crippen LogP contribution < -0.4 is 0 Å². The van der Waals surface area contributed by atoms with Gasteiger partial charge in [-0.3, -0.25) is 0 Å². The lowest BCUT2D eigenvalue weighted by atomic mass is 10.4. The molecule has 1 nitrogen and oxygen atoms in total. The van der Waals surface area contributed by atoms with Gasteiger partial charge in [0.25, 0.3) is 0 Å². The van der Waals surface area contributed by atoms with Gasteiger partial charge in [-0.1, -0.05) is 15.9 Å². The first-order valence-electron chi connectivity index (χ1n) is 2.31. The van der Waals surface area contributed by atoms with Crippen molar-refractivity contribution < 1.29 is 4.79 Å². The predicted octanol–water partition coefficient (Wildman–Crippen LogP) is 1.36. The molecule has 0 aromatic carbocycles. The topological polar surface area (TPSA) is 17.1 Å². The van der Waals surface area contributed by atoms with Crippen LogP contribution in [0.25, 0.3) is 0 Å². The Morgan fingerprint density at radius 1 is 2.00 bits per heavy atom. The molecule has 0 saturated heterocycles. The molecule has 1 aliphatic rings. The minimum atomic E-state index is 0.161. The van der Waals surface area contributed by atoms with Gasteiger partial charge < -0.3 is 4.79 Å². The van der Waals surface area contributed by atoms with Crippen LogP contribution in [0.15, 0.2) is 0 Å². The first-order valence-corrected chi connectivity index (χ1v) is 3.10. The zero-order chi connectivity index (χ0) is 5.49. The number of aldehydes is 1. The van der Waals surface area contributed by atoms with Crippen molar-refractivity contribution in [3.63, 3.8) is 0 Å².